The second kappa shape index (κ2) is 6.68. The first-order valence-electron chi connectivity index (χ1n) is 7.78. The number of nitrogens with one attached hydrogen (secondary N) is 2. The third kappa shape index (κ3) is 4.00. The monoisotopic (exact) mass is 317 g/mol. The molecular weight excluding hydrogens is 298 g/mol. The summed E-state index contributed by atoms with van der Waals surface area (Å²) in [6.07, 6.45) is 2.79. The van der Waals surface area contributed by atoms with Gasteiger partial charge in [0, 0.05) is 19.0 Å². The first kappa shape index (κ1) is 15.3. The number of hydrogen-bond acceptors (Lipinski definition) is 4. The fourth-order valence-corrected chi connectivity index (χ4v) is 2.40. The van der Waals surface area contributed by atoms with Crippen molar-refractivity contribution in [2.24, 2.45) is 0 Å². The number of rotatable bonds is 7. The molecule has 0 atom stereocenters. The summed E-state index contributed by atoms with van der Waals surface area (Å²) in [6.45, 7) is 0.404. The molecule has 2 amide bonds. The largest absolute Gasteiger partial charge is 0.419 e. The zero-order valence-corrected chi connectivity index (χ0v) is 12.7. The minimum absolute atomic E-state index is 0.00389. The molecule has 1 aliphatic rings. The van der Waals surface area contributed by atoms with Crippen LogP contribution >= 0.6 is 0 Å². The summed E-state index contributed by atoms with van der Waals surface area (Å²) in [4.78, 5) is 35.0. The van der Waals surface area contributed by atoms with Gasteiger partial charge in [0.05, 0.1) is 12.1 Å². The predicted octanol–water partition coefficient (Wildman–Crippen LogP) is 0.769. The zero-order valence-electron chi connectivity index (χ0n) is 12.7. The Morgan fingerprint density at radius 1 is 1.22 bits per heavy atom. The molecule has 1 aromatic carbocycles. The third-order valence-corrected chi connectivity index (χ3v) is 3.75. The maximum Gasteiger partial charge on any atom is 0.419 e. The van der Waals surface area contributed by atoms with E-state index in [1.54, 1.807) is 12.1 Å². The zero-order chi connectivity index (χ0) is 16.2. The number of fused-ring (bicyclic) bond motifs is 1. The highest BCUT2D eigenvalue weighted by Gasteiger charge is 2.23. The number of aromatic nitrogens is 1. The molecule has 7 nitrogen and oxygen atoms in total. The van der Waals surface area contributed by atoms with Crippen LogP contribution in [-0.4, -0.2) is 29.0 Å². The average molecular weight is 317 g/mol. The lowest BCUT2D eigenvalue weighted by Gasteiger charge is -2.06. The molecule has 1 aromatic heterocycles. The molecule has 3 rings (SSSR count). The number of carbonyl (C=O) groups is 2. The van der Waals surface area contributed by atoms with E-state index in [9.17, 15) is 14.4 Å². The lowest BCUT2D eigenvalue weighted by atomic mass is 10.2. The molecule has 1 aliphatic carbocycles. The molecule has 0 saturated heterocycles. The Labute approximate surface area is 132 Å². The van der Waals surface area contributed by atoms with Gasteiger partial charge in [-0.2, -0.15) is 0 Å². The van der Waals surface area contributed by atoms with E-state index in [2.05, 4.69) is 10.6 Å². The molecule has 0 aliphatic heterocycles. The van der Waals surface area contributed by atoms with E-state index in [0.717, 1.165) is 18.4 Å². The van der Waals surface area contributed by atoms with E-state index in [-0.39, 0.29) is 24.8 Å². The van der Waals surface area contributed by atoms with Crippen LogP contribution in [0, 0.1) is 0 Å². The second-order valence-electron chi connectivity index (χ2n) is 5.71. The Balaban J connectivity index is 1.44. The van der Waals surface area contributed by atoms with Crippen LogP contribution in [0.3, 0.4) is 0 Å². The first-order chi connectivity index (χ1) is 11.1. The summed E-state index contributed by atoms with van der Waals surface area (Å²) in [7, 11) is 0. The maximum atomic E-state index is 11.8. The number of oxazole rings is 1. The average Bonchev–Trinajstić information content (AvgIpc) is 3.28. The number of nitrogens with zero attached hydrogens (tertiary/aromatic N) is 1. The van der Waals surface area contributed by atoms with Crippen molar-refractivity contribution in [2.45, 2.75) is 38.3 Å². The molecular formula is C16H19N3O4. The summed E-state index contributed by atoms with van der Waals surface area (Å²) < 4.78 is 6.65. The molecule has 0 unspecified atom stereocenters. The van der Waals surface area contributed by atoms with E-state index in [1.807, 2.05) is 12.1 Å². The van der Waals surface area contributed by atoms with Gasteiger partial charge in [0.1, 0.15) is 0 Å². The van der Waals surface area contributed by atoms with Gasteiger partial charge in [-0.15, -0.1) is 0 Å². The van der Waals surface area contributed by atoms with Gasteiger partial charge in [0.15, 0.2) is 5.58 Å². The third-order valence-electron chi connectivity index (χ3n) is 3.75. The highest BCUT2D eigenvalue weighted by Crippen LogP contribution is 2.18. The standard InChI is InChI=1S/C16H19N3O4/c20-14(17-10-15(21)18-11-7-8-11)6-3-9-19-12-4-1-2-5-13(12)23-16(19)22/h1-2,4-5,11H,3,6-10H2,(H,17,20)(H,18,21). The summed E-state index contributed by atoms with van der Waals surface area (Å²) in [5.41, 5.74) is 1.26. The molecule has 0 spiro atoms. The van der Waals surface area contributed by atoms with Crippen molar-refractivity contribution in [3.05, 3.63) is 34.8 Å². The van der Waals surface area contributed by atoms with Gasteiger partial charge < -0.3 is 15.1 Å². The van der Waals surface area contributed by atoms with Crippen LogP contribution in [0.25, 0.3) is 11.1 Å². The van der Waals surface area contributed by atoms with Crippen LogP contribution in [0.2, 0.25) is 0 Å². The fraction of sp³-hybridized carbons (Fsp3) is 0.438. The minimum Gasteiger partial charge on any atom is -0.408 e. The van der Waals surface area contributed by atoms with Crippen LogP contribution in [0.1, 0.15) is 25.7 Å². The predicted molar refractivity (Wildman–Crippen MR) is 83.9 cm³/mol. The SMILES string of the molecule is O=C(CCCn1c(=O)oc2ccccc21)NCC(=O)NC1CC1. The van der Waals surface area contributed by atoms with Crippen LogP contribution < -0.4 is 16.4 Å². The number of amides is 2. The number of hydrogen-bond donors (Lipinski definition) is 2. The van der Waals surface area contributed by atoms with Gasteiger partial charge in [-0.1, -0.05) is 12.1 Å². The van der Waals surface area contributed by atoms with Crippen molar-refractivity contribution in [1.82, 2.24) is 15.2 Å². The van der Waals surface area contributed by atoms with E-state index in [4.69, 9.17) is 4.42 Å². The smallest absolute Gasteiger partial charge is 0.408 e. The van der Waals surface area contributed by atoms with Gasteiger partial charge in [0.25, 0.3) is 0 Å². The van der Waals surface area contributed by atoms with E-state index < -0.39 is 5.76 Å². The molecule has 0 bridgehead atoms. The highest BCUT2D eigenvalue weighted by atomic mass is 16.4. The van der Waals surface area contributed by atoms with Gasteiger partial charge in [-0.3, -0.25) is 14.2 Å². The topological polar surface area (TPSA) is 93.3 Å². The van der Waals surface area contributed by atoms with Crippen molar-refractivity contribution in [2.75, 3.05) is 6.54 Å². The number of carbonyl (C=O) groups excluding carboxylic acids is 2. The van der Waals surface area contributed by atoms with Gasteiger partial charge in [0.2, 0.25) is 11.8 Å². The summed E-state index contributed by atoms with van der Waals surface area (Å²) in [5.74, 6) is -0.773. The molecule has 7 heteroatoms. The second-order valence-corrected chi connectivity index (χ2v) is 5.71. The minimum atomic E-state index is -0.421. The van der Waals surface area contributed by atoms with Crippen molar-refractivity contribution in [1.29, 1.82) is 0 Å². The highest BCUT2D eigenvalue weighted by molar-refractivity contribution is 5.84. The summed E-state index contributed by atoms with van der Waals surface area (Å²) in [6, 6.07) is 7.47. The maximum absolute atomic E-state index is 11.8. The lowest BCUT2D eigenvalue weighted by Crippen LogP contribution is -2.37. The van der Waals surface area contributed by atoms with E-state index in [0.29, 0.717) is 24.6 Å². The molecule has 23 heavy (non-hydrogen) atoms. The van der Waals surface area contributed by atoms with Crippen molar-refractivity contribution in [3.63, 3.8) is 0 Å². The molecule has 122 valence electrons. The molecule has 2 aromatic rings. The van der Waals surface area contributed by atoms with Crippen LogP contribution in [-0.2, 0) is 16.1 Å². The molecule has 0 radical (unpaired) electrons. The quantitative estimate of drug-likeness (QED) is 0.789. The Kier molecular flexibility index (Phi) is 4.45. The number of benzene rings is 1. The summed E-state index contributed by atoms with van der Waals surface area (Å²) >= 11 is 0. The van der Waals surface area contributed by atoms with Crippen LogP contribution in [0.4, 0.5) is 0 Å². The Morgan fingerprint density at radius 3 is 2.78 bits per heavy atom. The van der Waals surface area contributed by atoms with E-state index >= 15 is 0 Å². The van der Waals surface area contributed by atoms with Gasteiger partial charge >= 0.3 is 5.76 Å². The van der Waals surface area contributed by atoms with Crippen molar-refractivity contribution in [3.8, 4) is 0 Å². The first-order valence-corrected chi connectivity index (χ1v) is 7.78. The van der Waals surface area contributed by atoms with E-state index in [1.165, 1.54) is 4.57 Å². The normalized spacial score (nSPS) is 13.9. The summed E-state index contributed by atoms with van der Waals surface area (Å²) in [5, 5.41) is 5.39. The number of para-hydroxylation sites is 2. The van der Waals surface area contributed by atoms with Crippen molar-refractivity contribution < 1.29 is 14.0 Å². The molecule has 1 saturated carbocycles. The fourth-order valence-electron chi connectivity index (χ4n) is 2.40. The molecule has 1 fully saturated rings. The number of aryl methyl sites for hydroxylation is 1. The van der Waals surface area contributed by atoms with Crippen molar-refractivity contribution >= 4 is 22.9 Å². The Morgan fingerprint density at radius 2 is 2.00 bits per heavy atom. The molecule has 1 heterocycles. The van der Waals surface area contributed by atoms with Crippen LogP contribution in [0.5, 0.6) is 0 Å². The van der Waals surface area contributed by atoms with Crippen LogP contribution in [0.15, 0.2) is 33.5 Å². The van der Waals surface area contributed by atoms with Gasteiger partial charge in [-0.05, 0) is 31.4 Å². The molecule has 2 N–H and O–H groups in total. The Bertz CT molecular complexity index is 773. The lowest BCUT2D eigenvalue weighted by molar-refractivity contribution is -0.126. The Hall–Kier alpha value is -2.57. The van der Waals surface area contributed by atoms with Gasteiger partial charge in [-0.25, -0.2) is 4.79 Å².